The smallest absolute Gasteiger partial charge is 0.461 e. The summed E-state index contributed by atoms with van der Waals surface area (Å²) < 4.78 is 62.7. The zero-order chi connectivity index (χ0) is 15.3. The highest BCUT2D eigenvalue weighted by Gasteiger charge is 2.62. The molecule has 0 amide bonds. The number of aryl methyl sites for hydroxylation is 1. The van der Waals surface area contributed by atoms with Gasteiger partial charge in [-0.1, -0.05) is 0 Å². The minimum atomic E-state index is -5.97. The van der Waals surface area contributed by atoms with E-state index in [4.69, 9.17) is 0 Å². The lowest BCUT2D eigenvalue weighted by Gasteiger charge is -2.19. The number of Topliss-reactive ketones (excluding diaryl/α,β-unsaturated/α-hetero) is 1. The van der Waals surface area contributed by atoms with Gasteiger partial charge in [-0.15, -0.1) is 0 Å². The van der Waals surface area contributed by atoms with Crippen molar-refractivity contribution in [2.75, 3.05) is 0 Å². The van der Waals surface area contributed by atoms with Crippen molar-refractivity contribution in [1.29, 1.82) is 0 Å². The molecule has 3 nitrogen and oxygen atoms in total. The summed E-state index contributed by atoms with van der Waals surface area (Å²) in [5, 5.41) is 9.19. The third-order valence-corrected chi connectivity index (χ3v) is 2.92. The molecule has 1 aliphatic carbocycles. The minimum absolute atomic E-state index is 0.0740. The van der Waals surface area contributed by atoms with Gasteiger partial charge in [0, 0.05) is 17.7 Å². The molecule has 0 unspecified atom stereocenters. The van der Waals surface area contributed by atoms with Gasteiger partial charge < -0.3 is 5.11 Å². The first-order valence-electron chi connectivity index (χ1n) is 5.44. The standard InChI is InChI=1S/C12H8F5NO2/c1-5-2-3-6-8(18-5)4-7(9(6)19)10(20)11(13,14)12(15,16)17/h2-3,20H,4H2,1H3/b10-7-. The van der Waals surface area contributed by atoms with Crippen LogP contribution in [0.5, 0.6) is 0 Å². The van der Waals surface area contributed by atoms with Gasteiger partial charge in [0.05, 0.1) is 11.3 Å². The fraction of sp³-hybridized carbons (Fsp3) is 0.333. The summed E-state index contributed by atoms with van der Waals surface area (Å²) in [5.41, 5.74) is -0.482. The highest BCUT2D eigenvalue weighted by Crippen LogP contribution is 2.43. The van der Waals surface area contributed by atoms with E-state index in [0.717, 1.165) is 0 Å². The largest absolute Gasteiger partial charge is 0.506 e. The molecule has 1 heterocycles. The third kappa shape index (κ3) is 2.04. The van der Waals surface area contributed by atoms with E-state index in [1.54, 1.807) is 6.92 Å². The summed E-state index contributed by atoms with van der Waals surface area (Å²) >= 11 is 0. The molecule has 0 saturated heterocycles. The van der Waals surface area contributed by atoms with Crippen LogP contribution in [0.1, 0.15) is 21.7 Å². The van der Waals surface area contributed by atoms with Gasteiger partial charge in [0.1, 0.15) is 0 Å². The van der Waals surface area contributed by atoms with Crippen molar-refractivity contribution in [3.63, 3.8) is 0 Å². The number of alkyl halides is 5. The second kappa shape index (κ2) is 4.26. The number of pyridine rings is 1. The number of nitrogens with zero attached hydrogens (tertiary/aromatic N) is 1. The van der Waals surface area contributed by atoms with Crippen LogP contribution in [0.25, 0.3) is 0 Å². The van der Waals surface area contributed by atoms with E-state index in [-0.39, 0.29) is 11.3 Å². The number of aromatic nitrogens is 1. The molecular formula is C12H8F5NO2. The third-order valence-electron chi connectivity index (χ3n) is 2.92. The average Bonchev–Trinajstić information content (AvgIpc) is 2.63. The summed E-state index contributed by atoms with van der Waals surface area (Å²) in [6.07, 6.45) is -6.52. The summed E-state index contributed by atoms with van der Waals surface area (Å²) in [6, 6.07) is 2.71. The zero-order valence-electron chi connectivity index (χ0n) is 10.1. The van der Waals surface area contributed by atoms with Crippen molar-refractivity contribution in [2.24, 2.45) is 0 Å². The van der Waals surface area contributed by atoms with E-state index in [9.17, 15) is 31.9 Å². The molecule has 0 aromatic carbocycles. The lowest BCUT2D eigenvalue weighted by molar-refractivity contribution is -0.274. The zero-order valence-corrected chi connectivity index (χ0v) is 10.1. The normalized spacial score (nSPS) is 18.2. The number of ketones is 1. The highest BCUT2D eigenvalue weighted by atomic mass is 19.4. The monoisotopic (exact) mass is 293 g/mol. The van der Waals surface area contributed by atoms with Crippen LogP contribution in [0.2, 0.25) is 0 Å². The molecule has 1 aromatic rings. The SMILES string of the molecule is Cc1ccc2c(n1)C/C(=C(/O)C(F)(F)C(F)(F)F)C2=O. The fourth-order valence-corrected chi connectivity index (χ4v) is 1.88. The number of allylic oxidation sites excluding steroid dienone is 2. The van der Waals surface area contributed by atoms with Crippen LogP contribution >= 0.6 is 0 Å². The maximum atomic E-state index is 13.0. The molecule has 0 aliphatic heterocycles. The molecule has 1 aromatic heterocycles. The Balaban J connectivity index is 2.52. The van der Waals surface area contributed by atoms with Gasteiger partial charge >= 0.3 is 12.1 Å². The number of rotatable bonds is 1. The van der Waals surface area contributed by atoms with Gasteiger partial charge in [-0.05, 0) is 19.1 Å². The quantitative estimate of drug-likeness (QED) is 0.491. The lowest BCUT2D eigenvalue weighted by atomic mass is 10.1. The Morgan fingerprint density at radius 1 is 1.25 bits per heavy atom. The van der Waals surface area contributed by atoms with Gasteiger partial charge in [0.25, 0.3) is 0 Å². The van der Waals surface area contributed by atoms with Crippen molar-refractivity contribution in [2.45, 2.75) is 25.4 Å². The average molecular weight is 293 g/mol. The van der Waals surface area contributed by atoms with Gasteiger partial charge in [0.2, 0.25) is 0 Å². The molecule has 8 heteroatoms. The molecule has 1 aliphatic rings. The van der Waals surface area contributed by atoms with Crippen LogP contribution in [-0.2, 0) is 6.42 Å². The van der Waals surface area contributed by atoms with E-state index in [1.807, 2.05) is 0 Å². The van der Waals surface area contributed by atoms with Crippen molar-refractivity contribution in [3.8, 4) is 0 Å². The number of aliphatic hydroxyl groups is 1. The number of fused-ring (bicyclic) bond motifs is 1. The molecule has 2 rings (SSSR count). The summed E-state index contributed by atoms with van der Waals surface area (Å²) in [5.74, 6) is -8.78. The highest BCUT2D eigenvalue weighted by molar-refractivity contribution is 6.13. The molecule has 0 spiro atoms. The number of halogens is 5. The molecular weight excluding hydrogens is 285 g/mol. The molecule has 20 heavy (non-hydrogen) atoms. The number of aliphatic hydroxyl groups excluding tert-OH is 1. The first kappa shape index (κ1) is 14.4. The van der Waals surface area contributed by atoms with E-state index < -0.39 is 35.6 Å². The van der Waals surface area contributed by atoms with Gasteiger partial charge in [0.15, 0.2) is 11.5 Å². The Bertz CT molecular complexity index is 619. The summed E-state index contributed by atoms with van der Waals surface area (Å²) in [6.45, 7) is 1.58. The van der Waals surface area contributed by atoms with E-state index >= 15 is 0 Å². The van der Waals surface area contributed by atoms with Crippen molar-refractivity contribution in [1.82, 2.24) is 4.98 Å². The van der Waals surface area contributed by atoms with Crippen LogP contribution in [0.15, 0.2) is 23.5 Å². The van der Waals surface area contributed by atoms with Crippen LogP contribution in [0, 0.1) is 6.92 Å². The molecule has 108 valence electrons. The Labute approximate surface area is 109 Å². The van der Waals surface area contributed by atoms with E-state index in [1.165, 1.54) is 12.1 Å². The van der Waals surface area contributed by atoms with Crippen molar-refractivity contribution >= 4 is 5.78 Å². The fourth-order valence-electron chi connectivity index (χ4n) is 1.88. The Morgan fingerprint density at radius 3 is 2.40 bits per heavy atom. The Hall–Kier alpha value is -1.99. The maximum absolute atomic E-state index is 13.0. The molecule has 0 bridgehead atoms. The molecule has 0 atom stereocenters. The molecule has 0 fully saturated rings. The number of hydrogen-bond donors (Lipinski definition) is 1. The van der Waals surface area contributed by atoms with Crippen molar-refractivity contribution in [3.05, 3.63) is 40.4 Å². The minimum Gasteiger partial charge on any atom is -0.506 e. The second-order valence-corrected chi connectivity index (χ2v) is 4.35. The maximum Gasteiger partial charge on any atom is 0.461 e. The molecule has 1 N–H and O–H groups in total. The predicted molar refractivity (Wildman–Crippen MR) is 57.7 cm³/mol. The summed E-state index contributed by atoms with van der Waals surface area (Å²) in [7, 11) is 0. The molecule has 0 radical (unpaired) electrons. The first-order valence-corrected chi connectivity index (χ1v) is 5.44. The summed E-state index contributed by atoms with van der Waals surface area (Å²) in [4.78, 5) is 15.7. The topological polar surface area (TPSA) is 50.2 Å². The Kier molecular flexibility index (Phi) is 3.07. The Morgan fingerprint density at radius 2 is 1.85 bits per heavy atom. The van der Waals surface area contributed by atoms with E-state index in [0.29, 0.717) is 5.69 Å². The lowest BCUT2D eigenvalue weighted by Crippen LogP contribution is -2.39. The number of hydrogen-bond acceptors (Lipinski definition) is 3. The van der Waals surface area contributed by atoms with Crippen LogP contribution in [0.3, 0.4) is 0 Å². The van der Waals surface area contributed by atoms with Crippen LogP contribution in [0.4, 0.5) is 22.0 Å². The predicted octanol–water partition coefficient (Wildman–Crippen LogP) is 3.14. The van der Waals surface area contributed by atoms with Gasteiger partial charge in [-0.3, -0.25) is 9.78 Å². The van der Waals surface area contributed by atoms with Crippen molar-refractivity contribution < 1.29 is 31.9 Å². The second-order valence-electron chi connectivity index (χ2n) is 4.35. The first-order chi connectivity index (χ1) is 9.05. The molecule has 0 saturated carbocycles. The van der Waals surface area contributed by atoms with Gasteiger partial charge in [-0.25, -0.2) is 0 Å². The van der Waals surface area contributed by atoms with E-state index in [2.05, 4.69) is 4.98 Å². The van der Waals surface area contributed by atoms with Gasteiger partial charge in [-0.2, -0.15) is 22.0 Å². The van der Waals surface area contributed by atoms with Crippen LogP contribution < -0.4 is 0 Å². The number of carbonyl (C=O) groups excluding carboxylic acids is 1. The van der Waals surface area contributed by atoms with Crippen LogP contribution in [-0.4, -0.2) is 28.0 Å². The number of carbonyl (C=O) groups is 1.